The number of thiophene rings is 1. The Kier molecular flexibility index (Phi) is 4.34. The Labute approximate surface area is 155 Å². The molecule has 3 aromatic rings. The molecular formula is C20H17N3O2S. The number of hydrogen-bond donors (Lipinski definition) is 1. The third-order valence-electron chi connectivity index (χ3n) is 4.52. The van der Waals surface area contributed by atoms with Crippen molar-refractivity contribution in [3.8, 4) is 0 Å². The smallest absolute Gasteiger partial charge is 0.258 e. The summed E-state index contributed by atoms with van der Waals surface area (Å²) in [6.45, 7) is 1.97. The lowest BCUT2D eigenvalue weighted by atomic mass is 9.86. The third-order valence-corrected chi connectivity index (χ3v) is 5.56. The van der Waals surface area contributed by atoms with E-state index in [-0.39, 0.29) is 23.6 Å². The molecule has 0 bridgehead atoms. The van der Waals surface area contributed by atoms with E-state index in [0.29, 0.717) is 29.7 Å². The first-order valence-electron chi connectivity index (χ1n) is 8.40. The van der Waals surface area contributed by atoms with Gasteiger partial charge in [0.05, 0.1) is 11.3 Å². The lowest BCUT2D eigenvalue weighted by molar-refractivity contribution is 0.0963. The Bertz CT molecular complexity index is 965. The molecule has 0 saturated carbocycles. The molecule has 0 saturated heterocycles. The average Bonchev–Trinajstić information content (AvgIpc) is 3.16. The molecule has 4 rings (SSSR count). The number of amides is 1. The molecule has 1 amide bonds. The predicted octanol–water partition coefficient (Wildman–Crippen LogP) is 4.01. The number of Topliss-reactive ketones (excluding diaryl/α,β-unsaturated/α-hetero) is 1. The normalized spacial score (nSPS) is 16.2. The van der Waals surface area contributed by atoms with Crippen LogP contribution in [0.15, 0.2) is 48.0 Å². The van der Waals surface area contributed by atoms with Crippen LogP contribution in [0.5, 0.6) is 0 Å². The summed E-state index contributed by atoms with van der Waals surface area (Å²) in [4.78, 5) is 34.6. The summed E-state index contributed by atoms with van der Waals surface area (Å²) in [5, 5.41) is 4.74. The standard InChI is InChI=1S/C20H17N3O2S/c1-12-4-6-13(7-5-12)19(25)23-20-21-11-15-16(22-20)9-14(10-17(15)24)18-3-2-8-26-18/h2-8,11,14H,9-10H2,1H3,(H,21,22,23,25). The third kappa shape index (κ3) is 3.28. The highest BCUT2D eigenvalue weighted by atomic mass is 32.1. The highest BCUT2D eigenvalue weighted by molar-refractivity contribution is 7.10. The minimum absolute atomic E-state index is 0.0565. The second-order valence-electron chi connectivity index (χ2n) is 6.42. The van der Waals surface area contributed by atoms with Gasteiger partial charge in [-0.15, -0.1) is 11.3 Å². The molecule has 0 radical (unpaired) electrons. The summed E-state index contributed by atoms with van der Waals surface area (Å²) < 4.78 is 0. The highest BCUT2D eigenvalue weighted by Crippen LogP contribution is 2.34. The first-order chi connectivity index (χ1) is 12.6. The summed E-state index contributed by atoms with van der Waals surface area (Å²) in [5.74, 6) is 0.169. The monoisotopic (exact) mass is 363 g/mol. The topological polar surface area (TPSA) is 72.0 Å². The fourth-order valence-corrected chi connectivity index (χ4v) is 3.94. The largest absolute Gasteiger partial charge is 0.294 e. The van der Waals surface area contributed by atoms with Crippen molar-refractivity contribution in [1.82, 2.24) is 9.97 Å². The summed E-state index contributed by atoms with van der Waals surface area (Å²) >= 11 is 1.65. The molecule has 2 aromatic heterocycles. The number of nitrogens with one attached hydrogen (secondary N) is 1. The van der Waals surface area contributed by atoms with Crippen LogP contribution < -0.4 is 5.32 Å². The summed E-state index contributed by atoms with van der Waals surface area (Å²) in [6.07, 6.45) is 2.68. The number of nitrogens with zero attached hydrogens (tertiary/aromatic N) is 2. The van der Waals surface area contributed by atoms with E-state index in [0.717, 1.165) is 5.56 Å². The molecule has 1 unspecified atom stereocenters. The van der Waals surface area contributed by atoms with Gasteiger partial charge in [-0.25, -0.2) is 9.97 Å². The second-order valence-corrected chi connectivity index (χ2v) is 7.40. The van der Waals surface area contributed by atoms with Crippen molar-refractivity contribution < 1.29 is 9.59 Å². The van der Waals surface area contributed by atoms with E-state index < -0.39 is 0 Å². The van der Waals surface area contributed by atoms with Crippen LogP contribution in [0.25, 0.3) is 0 Å². The highest BCUT2D eigenvalue weighted by Gasteiger charge is 2.28. The van der Waals surface area contributed by atoms with Gasteiger partial charge < -0.3 is 0 Å². The van der Waals surface area contributed by atoms with Crippen LogP contribution in [0.2, 0.25) is 0 Å². The van der Waals surface area contributed by atoms with E-state index in [1.807, 2.05) is 30.5 Å². The maximum Gasteiger partial charge on any atom is 0.258 e. The molecule has 0 fully saturated rings. The molecule has 1 atom stereocenters. The van der Waals surface area contributed by atoms with E-state index in [2.05, 4.69) is 21.4 Å². The molecule has 1 N–H and O–H groups in total. The number of rotatable bonds is 3. The van der Waals surface area contributed by atoms with Gasteiger partial charge in [-0.05, 0) is 36.9 Å². The van der Waals surface area contributed by atoms with Gasteiger partial charge in [-0.2, -0.15) is 0 Å². The number of carbonyl (C=O) groups excluding carboxylic acids is 2. The van der Waals surface area contributed by atoms with Gasteiger partial charge in [-0.3, -0.25) is 14.9 Å². The number of carbonyl (C=O) groups is 2. The summed E-state index contributed by atoms with van der Waals surface area (Å²) in [5.41, 5.74) is 2.90. The van der Waals surface area contributed by atoms with Gasteiger partial charge in [0.1, 0.15) is 0 Å². The fourth-order valence-electron chi connectivity index (χ4n) is 3.11. The number of hydrogen-bond acceptors (Lipinski definition) is 5. The maximum absolute atomic E-state index is 12.4. The van der Waals surface area contributed by atoms with Crippen LogP contribution in [0, 0.1) is 6.92 Å². The number of ketones is 1. The molecular weight excluding hydrogens is 346 g/mol. The van der Waals surface area contributed by atoms with E-state index >= 15 is 0 Å². The lowest BCUT2D eigenvalue weighted by Crippen LogP contribution is -2.22. The van der Waals surface area contributed by atoms with E-state index in [9.17, 15) is 9.59 Å². The first-order valence-corrected chi connectivity index (χ1v) is 9.28. The van der Waals surface area contributed by atoms with Crippen molar-refractivity contribution in [2.24, 2.45) is 0 Å². The van der Waals surface area contributed by atoms with Crippen molar-refractivity contribution >= 4 is 29.0 Å². The molecule has 5 nitrogen and oxygen atoms in total. The van der Waals surface area contributed by atoms with Crippen molar-refractivity contribution in [1.29, 1.82) is 0 Å². The summed E-state index contributed by atoms with van der Waals surface area (Å²) in [7, 11) is 0. The number of anilines is 1. The SMILES string of the molecule is Cc1ccc(C(=O)Nc2ncc3c(n2)CC(c2cccs2)CC3=O)cc1. The van der Waals surface area contributed by atoms with Crippen LogP contribution in [0.1, 0.15) is 49.2 Å². The molecule has 1 aliphatic carbocycles. The van der Waals surface area contributed by atoms with E-state index in [1.54, 1.807) is 23.5 Å². The Balaban J connectivity index is 1.56. The second kappa shape index (κ2) is 6.80. The molecule has 0 spiro atoms. The van der Waals surface area contributed by atoms with Gasteiger partial charge >= 0.3 is 0 Å². The lowest BCUT2D eigenvalue weighted by Gasteiger charge is -2.22. The van der Waals surface area contributed by atoms with Crippen LogP contribution in [-0.4, -0.2) is 21.7 Å². The molecule has 2 heterocycles. The summed E-state index contributed by atoms with van der Waals surface area (Å²) in [6, 6.07) is 11.3. The van der Waals surface area contributed by atoms with Crippen molar-refractivity contribution in [2.45, 2.75) is 25.7 Å². The zero-order valence-corrected chi connectivity index (χ0v) is 15.0. The Hall–Kier alpha value is -2.86. The van der Waals surface area contributed by atoms with E-state index in [1.165, 1.54) is 11.1 Å². The number of aromatic nitrogens is 2. The quantitative estimate of drug-likeness (QED) is 0.763. The van der Waals surface area contributed by atoms with Crippen molar-refractivity contribution in [2.75, 3.05) is 5.32 Å². The van der Waals surface area contributed by atoms with Crippen LogP contribution >= 0.6 is 11.3 Å². The van der Waals surface area contributed by atoms with Crippen molar-refractivity contribution in [3.63, 3.8) is 0 Å². The molecule has 0 aliphatic heterocycles. The van der Waals surface area contributed by atoms with Crippen molar-refractivity contribution in [3.05, 3.63) is 75.2 Å². The molecule has 26 heavy (non-hydrogen) atoms. The van der Waals surface area contributed by atoms with Gasteiger partial charge in [0, 0.05) is 29.0 Å². The average molecular weight is 363 g/mol. The Morgan fingerprint density at radius 2 is 2.00 bits per heavy atom. The zero-order chi connectivity index (χ0) is 18.1. The minimum Gasteiger partial charge on any atom is -0.294 e. The Morgan fingerprint density at radius 3 is 2.73 bits per heavy atom. The number of aryl methyl sites for hydroxylation is 1. The van der Waals surface area contributed by atoms with Crippen LogP contribution in [0.3, 0.4) is 0 Å². The molecule has 1 aliphatic rings. The molecule has 130 valence electrons. The van der Waals surface area contributed by atoms with Crippen LogP contribution in [-0.2, 0) is 6.42 Å². The maximum atomic E-state index is 12.4. The fraction of sp³-hybridized carbons (Fsp3) is 0.200. The van der Waals surface area contributed by atoms with Crippen LogP contribution in [0.4, 0.5) is 5.95 Å². The minimum atomic E-state index is -0.262. The number of fused-ring (bicyclic) bond motifs is 1. The van der Waals surface area contributed by atoms with Gasteiger partial charge in [0.15, 0.2) is 5.78 Å². The first kappa shape index (κ1) is 16.6. The molecule has 6 heteroatoms. The Morgan fingerprint density at radius 1 is 1.19 bits per heavy atom. The van der Waals surface area contributed by atoms with Gasteiger partial charge in [-0.1, -0.05) is 23.8 Å². The van der Waals surface area contributed by atoms with Gasteiger partial charge in [0.25, 0.3) is 5.91 Å². The number of benzene rings is 1. The van der Waals surface area contributed by atoms with Gasteiger partial charge in [0.2, 0.25) is 5.95 Å². The molecule has 1 aromatic carbocycles. The predicted molar refractivity (Wildman–Crippen MR) is 101 cm³/mol. The van der Waals surface area contributed by atoms with E-state index in [4.69, 9.17) is 0 Å². The zero-order valence-electron chi connectivity index (χ0n) is 14.2.